The van der Waals surface area contributed by atoms with E-state index in [2.05, 4.69) is 17.1 Å². The normalized spacial score (nSPS) is 18.4. The summed E-state index contributed by atoms with van der Waals surface area (Å²) in [7, 11) is 0. The average molecular weight is 252 g/mol. The van der Waals surface area contributed by atoms with E-state index in [-0.39, 0.29) is 11.4 Å². The van der Waals surface area contributed by atoms with Crippen molar-refractivity contribution in [1.82, 2.24) is 10.1 Å². The number of hydrogen-bond donors (Lipinski definition) is 0. The Balaban J connectivity index is 2.14. The molecule has 0 radical (unpaired) electrons. The second kappa shape index (κ2) is 5.08. The molecule has 0 aliphatic heterocycles. The molecule has 1 aliphatic carbocycles. The molecule has 1 saturated carbocycles. The highest BCUT2D eigenvalue weighted by atomic mass is 16.5. The summed E-state index contributed by atoms with van der Waals surface area (Å²) in [6.07, 6.45) is 3.73. The van der Waals surface area contributed by atoms with Gasteiger partial charge in [-0.3, -0.25) is 4.79 Å². The molecule has 5 heteroatoms. The van der Waals surface area contributed by atoms with Crippen LogP contribution in [-0.4, -0.2) is 22.7 Å². The number of carbonyl (C=O) groups excluding carboxylic acids is 1. The van der Waals surface area contributed by atoms with E-state index >= 15 is 0 Å². The molecule has 1 heterocycles. The van der Waals surface area contributed by atoms with Crippen LogP contribution in [0.15, 0.2) is 4.52 Å². The first-order valence-electron chi connectivity index (χ1n) is 6.61. The van der Waals surface area contributed by atoms with Crippen molar-refractivity contribution in [2.45, 2.75) is 57.8 Å². The van der Waals surface area contributed by atoms with Crippen molar-refractivity contribution < 1.29 is 14.1 Å². The lowest BCUT2D eigenvalue weighted by molar-refractivity contribution is -0.145. The molecule has 1 aliphatic rings. The van der Waals surface area contributed by atoms with E-state index in [0.717, 1.165) is 25.1 Å². The third kappa shape index (κ3) is 2.54. The second-order valence-corrected chi connectivity index (χ2v) is 5.11. The van der Waals surface area contributed by atoms with Crippen LogP contribution >= 0.6 is 0 Å². The van der Waals surface area contributed by atoms with Gasteiger partial charge in [0.25, 0.3) is 0 Å². The van der Waals surface area contributed by atoms with E-state index < -0.39 is 5.92 Å². The van der Waals surface area contributed by atoms with Crippen molar-refractivity contribution in [3.05, 3.63) is 11.7 Å². The molecule has 1 atom stereocenters. The highest BCUT2D eigenvalue weighted by Gasteiger charge is 2.44. The minimum Gasteiger partial charge on any atom is -0.465 e. The van der Waals surface area contributed by atoms with Gasteiger partial charge in [0.15, 0.2) is 5.82 Å². The van der Waals surface area contributed by atoms with Gasteiger partial charge in [-0.1, -0.05) is 25.4 Å². The van der Waals surface area contributed by atoms with E-state index in [1.807, 2.05) is 6.92 Å². The maximum atomic E-state index is 11.9. The number of rotatable bonds is 6. The fourth-order valence-corrected chi connectivity index (χ4v) is 1.91. The van der Waals surface area contributed by atoms with E-state index in [4.69, 9.17) is 9.26 Å². The molecule has 0 bridgehead atoms. The Kier molecular flexibility index (Phi) is 3.68. The molecule has 0 saturated heterocycles. The van der Waals surface area contributed by atoms with Crippen molar-refractivity contribution >= 4 is 5.97 Å². The Morgan fingerprint density at radius 1 is 1.50 bits per heavy atom. The topological polar surface area (TPSA) is 65.2 Å². The maximum absolute atomic E-state index is 11.9. The molecule has 0 spiro atoms. The van der Waals surface area contributed by atoms with Crippen molar-refractivity contribution in [2.75, 3.05) is 6.61 Å². The van der Waals surface area contributed by atoms with Gasteiger partial charge < -0.3 is 9.26 Å². The zero-order chi connectivity index (χ0) is 13.2. The SMILES string of the molecule is CCCC(C(=O)OCC)c1nc(C2(C)CC2)no1. The first kappa shape index (κ1) is 13.1. The van der Waals surface area contributed by atoms with Crippen LogP contribution in [0.2, 0.25) is 0 Å². The number of aromatic nitrogens is 2. The van der Waals surface area contributed by atoms with Gasteiger partial charge in [-0.15, -0.1) is 0 Å². The number of ether oxygens (including phenoxy) is 1. The molecule has 1 unspecified atom stereocenters. The molecule has 0 amide bonds. The molecule has 1 fully saturated rings. The van der Waals surface area contributed by atoms with Gasteiger partial charge in [0.05, 0.1) is 6.61 Å². The highest BCUT2D eigenvalue weighted by molar-refractivity contribution is 5.76. The standard InChI is InChI=1S/C13H20N2O3/c1-4-6-9(11(16)17-5-2)10-14-12(15-18-10)13(3)7-8-13/h9H,4-8H2,1-3H3. The van der Waals surface area contributed by atoms with Gasteiger partial charge in [0.1, 0.15) is 5.92 Å². The van der Waals surface area contributed by atoms with Crippen LogP contribution in [0.4, 0.5) is 0 Å². The Bertz CT molecular complexity index is 424. The molecule has 1 aromatic rings. The van der Waals surface area contributed by atoms with Crippen molar-refractivity contribution in [2.24, 2.45) is 0 Å². The summed E-state index contributed by atoms with van der Waals surface area (Å²) >= 11 is 0. The van der Waals surface area contributed by atoms with Crippen LogP contribution in [0.5, 0.6) is 0 Å². The molecule has 100 valence electrons. The lowest BCUT2D eigenvalue weighted by atomic mass is 10.0. The van der Waals surface area contributed by atoms with Crippen LogP contribution in [-0.2, 0) is 14.9 Å². The molecule has 18 heavy (non-hydrogen) atoms. The summed E-state index contributed by atoms with van der Waals surface area (Å²) in [5.41, 5.74) is 0.0627. The minimum absolute atomic E-state index is 0.0627. The Hall–Kier alpha value is -1.39. The fraction of sp³-hybridized carbons (Fsp3) is 0.769. The first-order valence-corrected chi connectivity index (χ1v) is 6.61. The number of carbonyl (C=O) groups is 1. The lowest BCUT2D eigenvalue weighted by Crippen LogP contribution is -2.16. The highest BCUT2D eigenvalue weighted by Crippen LogP contribution is 2.46. The quantitative estimate of drug-likeness (QED) is 0.728. The van der Waals surface area contributed by atoms with Crippen LogP contribution < -0.4 is 0 Å². The fourth-order valence-electron chi connectivity index (χ4n) is 1.91. The number of nitrogens with zero attached hydrogens (tertiary/aromatic N) is 2. The van der Waals surface area contributed by atoms with Crippen LogP contribution in [0, 0.1) is 0 Å². The molecule has 0 aromatic carbocycles. The third-order valence-electron chi connectivity index (χ3n) is 3.43. The summed E-state index contributed by atoms with van der Waals surface area (Å²) in [5.74, 6) is 0.440. The monoisotopic (exact) mass is 252 g/mol. The van der Waals surface area contributed by atoms with Gasteiger partial charge in [0.2, 0.25) is 5.89 Å². The Morgan fingerprint density at radius 3 is 2.78 bits per heavy atom. The summed E-state index contributed by atoms with van der Waals surface area (Å²) in [6.45, 7) is 6.30. The van der Waals surface area contributed by atoms with Crippen LogP contribution in [0.25, 0.3) is 0 Å². The summed E-state index contributed by atoms with van der Waals surface area (Å²) in [6, 6.07) is 0. The molecular weight excluding hydrogens is 232 g/mol. The number of esters is 1. The smallest absolute Gasteiger partial charge is 0.318 e. The van der Waals surface area contributed by atoms with E-state index in [0.29, 0.717) is 18.9 Å². The summed E-state index contributed by atoms with van der Waals surface area (Å²) < 4.78 is 10.3. The largest absolute Gasteiger partial charge is 0.465 e. The van der Waals surface area contributed by atoms with E-state index in [9.17, 15) is 4.79 Å². The predicted octanol–water partition coefficient (Wildman–Crippen LogP) is 2.57. The zero-order valence-electron chi connectivity index (χ0n) is 11.2. The number of hydrogen-bond acceptors (Lipinski definition) is 5. The van der Waals surface area contributed by atoms with Crippen LogP contribution in [0.1, 0.15) is 64.1 Å². The van der Waals surface area contributed by atoms with Gasteiger partial charge in [-0.2, -0.15) is 4.98 Å². The molecule has 0 N–H and O–H groups in total. The van der Waals surface area contributed by atoms with E-state index in [1.165, 1.54) is 0 Å². The van der Waals surface area contributed by atoms with Gasteiger partial charge >= 0.3 is 5.97 Å². The second-order valence-electron chi connectivity index (χ2n) is 5.11. The summed E-state index contributed by atoms with van der Waals surface area (Å²) in [4.78, 5) is 16.2. The van der Waals surface area contributed by atoms with Gasteiger partial charge in [0, 0.05) is 5.41 Å². The predicted molar refractivity (Wildman–Crippen MR) is 65.2 cm³/mol. The van der Waals surface area contributed by atoms with Crippen molar-refractivity contribution in [3.63, 3.8) is 0 Å². The molecule has 1 aromatic heterocycles. The van der Waals surface area contributed by atoms with Gasteiger partial charge in [-0.25, -0.2) is 0 Å². The zero-order valence-corrected chi connectivity index (χ0v) is 11.2. The van der Waals surface area contributed by atoms with Crippen LogP contribution in [0.3, 0.4) is 0 Å². The minimum atomic E-state index is -0.418. The molecule has 5 nitrogen and oxygen atoms in total. The van der Waals surface area contributed by atoms with E-state index in [1.54, 1.807) is 6.92 Å². The lowest BCUT2D eigenvalue weighted by Gasteiger charge is -2.09. The molecular formula is C13H20N2O3. The third-order valence-corrected chi connectivity index (χ3v) is 3.43. The first-order chi connectivity index (χ1) is 8.60. The van der Waals surface area contributed by atoms with Crippen molar-refractivity contribution in [3.8, 4) is 0 Å². The Labute approximate surface area is 107 Å². The van der Waals surface area contributed by atoms with Crippen molar-refractivity contribution in [1.29, 1.82) is 0 Å². The maximum Gasteiger partial charge on any atom is 0.318 e. The average Bonchev–Trinajstić information content (AvgIpc) is 2.92. The summed E-state index contributed by atoms with van der Waals surface area (Å²) in [5, 5.41) is 4.00. The molecule has 2 rings (SSSR count). The Morgan fingerprint density at radius 2 is 2.22 bits per heavy atom. The van der Waals surface area contributed by atoms with Gasteiger partial charge in [-0.05, 0) is 26.2 Å².